The van der Waals surface area contributed by atoms with Crippen LogP contribution in [-0.4, -0.2) is 28.3 Å². The van der Waals surface area contributed by atoms with Gasteiger partial charge in [-0.3, -0.25) is 0 Å². The third kappa shape index (κ3) is 8.77. The molecule has 3 rings (SSSR count). The summed E-state index contributed by atoms with van der Waals surface area (Å²) in [5.41, 5.74) is 6.28. The Morgan fingerprint density at radius 3 is 2.31 bits per heavy atom. The van der Waals surface area contributed by atoms with Crippen molar-refractivity contribution < 1.29 is 27.4 Å². The number of halogens is 3. The third-order valence-electron chi connectivity index (χ3n) is 5.07. The van der Waals surface area contributed by atoms with Crippen LogP contribution in [0.5, 0.6) is 5.75 Å². The van der Waals surface area contributed by atoms with E-state index < -0.39 is 23.4 Å². The monoisotopic (exact) mass is 507 g/mol. The normalized spacial score (nSPS) is 12.8. The lowest BCUT2D eigenvalue weighted by Gasteiger charge is -2.19. The van der Waals surface area contributed by atoms with Crippen molar-refractivity contribution in [3.63, 3.8) is 0 Å². The fourth-order valence-electron chi connectivity index (χ4n) is 3.86. The summed E-state index contributed by atoms with van der Waals surface area (Å²) < 4.78 is 51.2. The van der Waals surface area contributed by atoms with Gasteiger partial charge in [0, 0.05) is 17.3 Å². The smallest absolute Gasteiger partial charge is 0.419 e. The number of ether oxygens (including phenoxy) is 2. The molecule has 0 aliphatic carbocycles. The molecule has 1 atom stereocenters. The van der Waals surface area contributed by atoms with E-state index in [1.165, 1.54) is 12.1 Å². The number of aromatic nitrogens is 2. The second kappa shape index (κ2) is 11.7. The van der Waals surface area contributed by atoms with Crippen LogP contribution in [0.4, 0.5) is 18.0 Å². The van der Waals surface area contributed by atoms with Crippen LogP contribution in [0.3, 0.4) is 0 Å². The van der Waals surface area contributed by atoms with E-state index in [1.54, 1.807) is 39.1 Å². The molecular weight excluding hydrogens is 471 g/mol. The summed E-state index contributed by atoms with van der Waals surface area (Å²) in [5, 5.41) is 0.798. The van der Waals surface area contributed by atoms with Crippen molar-refractivity contribution in [2.45, 2.75) is 66.7 Å². The maximum Gasteiger partial charge on any atom is 0.419 e. The summed E-state index contributed by atoms with van der Waals surface area (Å²) in [6.07, 6.45) is -2.72. The topological polar surface area (TPSA) is 90.2 Å². The highest BCUT2D eigenvalue weighted by atomic mass is 19.4. The van der Waals surface area contributed by atoms with Gasteiger partial charge < -0.3 is 20.2 Å². The molecule has 0 spiro atoms. The van der Waals surface area contributed by atoms with E-state index in [4.69, 9.17) is 10.5 Å². The Bertz CT molecular complexity index is 1160. The second-order valence-corrected chi connectivity index (χ2v) is 10.4. The highest BCUT2D eigenvalue weighted by Gasteiger charge is 2.35. The van der Waals surface area contributed by atoms with E-state index in [2.05, 4.69) is 28.6 Å². The summed E-state index contributed by atoms with van der Waals surface area (Å²) in [7, 11) is 0. The average Bonchev–Trinajstić information content (AvgIpc) is 3.10. The van der Waals surface area contributed by atoms with Crippen molar-refractivity contribution in [2.24, 2.45) is 17.6 Å². The van der Waals surface area contributed by atoms with Crippen LogP contribution in [0, 0.1) is 18.8 Å². The lowest BCUT2D eigenvalue weighted by atomic mass is 9.99. The van der Waals surface area contributed by atoms with Gasteiger partial charge in [0.25, 0.3) is 0 Å². The molecule has 6 nitrogen and oxygen atoms in total. The first-order valence-electron chi connectivity index (χ1n) is 11.8. The van der Waals surface area contributed by atoms with E-state index in [-0.39, 0.29) is 18.3 Å². The van der Waals surface area contributed by atoms with Crippen LogP contribution >= 0.6 is 0 Å². The number of amides is 1. The Kier molecular flexibility index (Phi) is 9.40. The van der Waals surface area contributed by atoms with Crippen LogP contribution < -0.4 is 10.5 Å². The maximum atomic E-state index is 13.7. The highest BCUT2D eigenvalue weighted by Crippen LogP contribution is 2.40. The fourth-order valence-corrected chi connectivity index (χ4v) is 3.86. The van der Waals surface area contributed by atoms with Gasteiger partial charge in [-0.25, -0.2) is 9.78 Å². The number of H-pyrrole nitrogens is 1. The van der Waals surface area contributed by atoms with Gasteiger partial charge in [0.15, 0.2) is 0 Å². The number of primary amides is 1. The molecule has 2 heterocycles. The Balaban J connectivity index is 0.000000493. The highest BCUT2D eigenvalue weighted by molar-refractivity contribution is 5.93. The lowest BCUT2D eigenvalue weighted by molar-refractivity contribution is -0.139. The van der Waals surface area contributed by atoms with Crippen LogP contribution in [-0.2, 0) is 10.9 Å². The number of hydrogen-bond acceptors (Lipinski definition) is 4. The summed E-state index contributed by atoms with van der Waals surface area (Å²) in [6, 6.07) is 7.89. The van der Waals surface area contributed by atoms with Crippen molar-refractivity contribution in [1.82, 2.24) is 9.97 Å². The molecule has 3 aromatic rings. The van der Waals surface area contributed by atoms with Crippen molar-refractivity contribution >= 4 is 17.1 Å². The average molecular weight is 508 g/mol. The molecule has 1 aromatic carbocycles. The Morgan fingerprint density at radius 1 is 1.11 bits per heavy atom. The molecule has 1 unspecified atom stereocenters. The standard InChI is InChI=1S/C22H25F3N2O.C5H11NO2/c1-13(2)9-14(3)12-28-20-6-5-16(11-19(20)22(23,24)25)17-7-8-26-21-18(17)10-15(4)27-21;1-5(2,3)8-4(6)7/h5-8,10-11,13-14H,9,12H2,1-4H3,(H,26,27);1-3H3,(H2,6,7). The number of rotatable bonds is 6. The number of fused-ring (bicyclic) bond motifs is 1. The maximum absolute atomic E-state index is 13.7. The summed E-state index contributed by atoms with van der Waals surface area (Å²) in [5.74, 6) is 0.535. The molecule has 36 heavy (non-hydrogen) atoms. The minimum atomic E-state index is -4.49. The fraction of sp³-hybridized carbons (Fsp3) is 0.481. The predicted octanol–water partition coefficient (Wildman–Crippen LogP) is 7.50. The van der Waals surface area contributed by atoms with E-state index in [0.717, 1.165) is 17.5 Å². The number of alkyl halides is 3. The molecule has 0 aliphatic rings. The zero-order valence-electron chi connectivity index (χ0n) is 21.9. The first kappa shape index (κ1) is 29.0. The number of hydrogen-bond donors (Lipinski definition) is 2. The molecule has 0 saturated heterocycles. The molecule has 0 bridgehead atoms. The minimum Gasteiger partial charge on any atom is -0.493 e. The molecule has 9 heteroatoms. The molecule has 2 aromatic heterocycles. The molecule has 198 valence electrons. The number of aromatic amines is 1. The first-order chi connectivity index (χ1) is 16.6. The molecule has 1 amide bonds. The lowest BCUT2D eigenvalue weighted by Crippen LogP contribution is -2.27. The molecule has 0 saturated carbocycles. The number of nitrogens with two attached hydrogens (primary N) is 1. The molecular formula is C27H36F3N3O3. The van der Waals surface area contributed by atoms with E-state index in [1.807, 2.05) is 19.9 Å². The van der Waals surface area contributed by atoms with E-state index in [0.29, 0.717) is 22.7 Å². The van der Waals surface area contributed by atoms with Crippen LogP contribution in [0.2, 0.25) is 0 Å². The minimum absolute atomic E-state index is 0.123. The summed E-state index contributed by atoms with van der Waals surface area (Å²) in [4.78, 5) is 17.4. The van der Waals surface area contributed by atoms with E-state index >= 15 is 0 Å². The van der Waals surface area contributed by atoms with Gasteiger partial charge in [0.2, 0.25) is 0 Å². The number of carbonyl (C=O) groups is 1. The van der Waals surface area contributed by atoms with Gasteiger partial charge >= 0.3 is 12.3 Å². The van der Waals surface area contributed by atoms with Crippen LogP contribution in [0.15, 0.2) is 36.5 Å². The largest absolute Gasteiger partial charge is 0.493 e. The van der Waals surface area contributed by atoms with Gasteiger partial charge in [0.05, 0.1) is 12.2 Å². The Hall–Kier alpha value is -3.23. The van der Waals surface area contributed by atoms with E-state index in [9.17, 15) is 18.0 Å². The number of benzene rings is 1. The second-order valence-electron chi connectivity index (χ2n) is 10.4. The first-order valence-corrected chi connectivity index (χ1v) is 11.8. The van der Waals surface area contributed by atoms with Gasteiger partial charge in [0.1, 0.15) is 17.0 Å². The van der Waals surface area contributed by atoms with Gasteiger partial charge in [-0.15, -0.1) is 0 Å². The van der Waals surface area contributed by atoms with Gasteiger partial charge in [-0.2, -0.15) is 13.2 Å². The number of carbonyl (C=O) groups excluding carboxylic acids is 1. The quantitative estimate of drug-likeness (QED) is 0.361. The van der Waals surface area contributed by atoms with Crippen molar-refractivity contribution in [1.29, 1.82) is 0 Å². The molecule has 3 N–H and O–H groups in total. The predicted molar refractivity (Wildman–Crippen MR) is 136 cm³/mol. The van der Waals surface area contributed by atoms with Gasteiger partial charge in [-0.1, -0.05) is 26.8 Å². The zero-order valence-corrected chi connectivity index (χ0v) is 21.9. The van der Waals surface area contributed by atoms with Gasteiger partial charge in [-0.05, 0) is 81.3 Å². The number of aryl methyl sites for hydroxylation is 1. The molecule has 0 fully saturated rings. The van der Waals surface area contributed by atoms with Crippen molar-refractivity contribution in [2.75, 3.05) is 6.61 Å². The number of nitrogens with one attached hydrogen (secondary N) is 1. The van der Waals surface area contributed by atoms with Crippen molar-refractivity contribution in [3.05, 3.63) is 47.8 Å². The van der Waals surface area contributed by atoms with Crippen LogP contribution in [0.1, 0.15) is 59.2 Å². The summed E-state index contributed by atoms with van der Waals surface area (Å²) >= 11 is 0. The summed E-state index contributed by atoms with van der Waals surface area (Å²) in [6.45, 7) is 13.6. The number of nitrogens with zero attached hydrogens (tertiary/aromatic N) is 1. The number of pyridine rings is 1. The Labute approximate surface area is 210 Å². The third-order valence-corrected chi connectivity index (χ3v) is 5.07. The Morgan fingerprint density at radius 2 is 1.78 bits per heavy atom. The molecule has 0 radical (unpaired) electrons. The SMILES string of the molecule is CC(C)(C)OC(N)=O.Cc1cc2c(-c3ccc(OCC(C)CC(C)C)c(C(F)(F)F)c3)ccnc2[nH]1. The van der Waals surface area contributed by atoms with Crippen molar-refractivity contribution in [3.8, 4) is 16.9 Å². The zero-order chi connectivity index (χ0) is 27.3. The van der Waals surface area contributed by atoms with Crippen LogP contribution in [0.25, 0.3) is 22.2 Å². The molecule has 0 aliphatic heterocycles.